The summed E-state index contributed by atoms with van der Waals surface area (Å²) in [6.45, 7) is 6.82. The molecule has 0 aromatic heterocycles. The monoisotopic (exact) mass is 273 g/mol. The largest absolute Gasteiger partial charge is 0.508 e. The maximum atomic E-state index is 10.3. The van der Waals surface area contributed by atoms with E-state index in [1.807, 2.05) is 6.07 Å². The number of rotatable bonds is 2. The van der Waals surface area contributed by atoms with Crippen molar-refractivity contribution in [3.05, 3.63) is 28.8 Å². The summed E-state index contributed by atoms with van der Waals surface area (Å²) in [5, 5.41) is 14.1. The van der Waals surface area contributed by atoms with Gasteiger partial charge in [0.2, 0.25) is 0 Å². The van der Waals surface area contributed by atoms with E-state index in [4.69, 9.17) is 0 Å². The lowest BCUT2D eigenvalue weighted by Crippen LogP contribution is -2.35. The smallest absolute Gasteiger partial charge is 0.120 e. The zero-order valence-electron chi connectivity index (χ0n) is 12.9. The van der Waals surface area contributed by atoms with Crippen molar-refractivity contribution < 1.29 is 5.11 Å². The third kappa shape index (κ3) is 2.46. The minimum absolute atomic E-state index is 0.343. The van der Waals surface area contributed by atoms with Gasteiger partial charge in [0, 0.05) is 17.6 Å². The topological polar surface area (TPSA) is 32.3 Å². The first-order valence-electron chi connectivity index (χ1n) is 8.14. The van der Waals surface area contributed by atoms with E-state index < -0.39 is 0 Å². The first-order chi connectivity index (χ1) is 9.56. The molecule has 1 saturated carbocycles. The van der Waals surface area contributed by atoms with E-state index in [1.54, 1.807) is 0 Å². The van der Waals surface area contributed by atoms with E-state index in [0.717, 1.165) is 12.3 Å². The standard InChI is InChI=1S/C18H27NO/c1-11-5-4-6-14(9-11)19-15-10-13(3)17-12(2)7-8-16(20)18(15)17/h7-8,11,13-15,19-20H,4-6,9-10H2,1-3H3. The molecular formula is C18H27NO. The molecule has 2 aliphatic carbocycles. The Balaban J connectivity index is 1.82. The van der Waals surface area contributed by atoms with E-state index >= 15 is 0 Å². The first-order valence-corrected chi connectivity index (χ1v) is 8.14. The summed E-state index contributed by atoms with van der Waals surface area (Å²) in [4.78, 5) is 0. The predicted octanol–water partition coefficient (Wildman–Crippen LogP) is 4.42. The quantitative estimate of drug-likeness (QED) is 0.836. The van der Waals surface area contributed by atoms with Crippen molar-refractivity contribution in [2.24, 2.45) is 5.92 Å². The second-order valence-corrected chi connectivity index (χ2v) is 7.05. The van der Waals surface area contributed by atoms with Crippen LogP contribution in [-0.2, 0) is 0 Å². The van der Waals surface area contributed by atoms with Crippen LogP contribution in [0.25, 0.3) is 0 Å². The fourth-order valence-electron chi connectivity index (χ4n) is 4.36. The molecule has 3 rings (SSSR count). The van der Waals surface area contributed by atoms with Crippen LogP contribution in [0.15, 0.2) is 12.1 Å². The zero-order chi connectivity index (χ0) is 14.3. The van der Waals surface area contributed by atoms with E-state index in [-0.39, 0.29) is 0 Å². The Kier molecular flexibility index (Phi) is 3.76. The van der Waals surface area contributed by atoms with Crippen molar-refractivity contribution in [1.82, 2.24) is 5.32 Å². The maximum absolute atomic E-state index is 10.3. The van der Waals surface area contributed by atoms with Crippen molar-refractivity contribution in [1.29, 1.82) is 0 Å². The lowest BCUT2D eigenvalue weighted by molar-refractivity contribution is 0.276. The normalized spacial score (nSPS) is 33.1. The number of phenols is 1. The Labute approximate surface area is 122 Å². The predicted molar refractivity (Wildman–Crippen MR) is 83.2 cm³/mol. The number of hydrogen-bond donors (Lipinski definition) is 2. The Bertz CT molecular complexity index is 496. The lowest BCUT2D eigenvalue weighted by Gasteiger charge is -2.30. The molecular weight excluding hydrogens is 246 g/mol. The van der Waals surface area contributed by atoms with Crippen LogP contribution in [0.1, 0.15) is 74.6 Å². The van der Waals surface area contributed by atoms with Crippen molar-refractivity contribution in [3.63, 3.8) is 0 Å². The van der Waals surface area contributed by atoms with Crippen LogP contribution in [0, 0.1) is 12.8 Å². The SMILES string of the molecule is Cc1ccc(O)c2c1C(C)CC2NC1CCCC(C)C1. The highest BCUT2D eigenvalue weighted by Gasteiger charge is 2.33. The molecule has 0 spiro atoms. The number of nitrogens with one attached hydrogen (secondary N) is 1. The summed E-state index contributed by atoms with van der Waals surface area (Å²) in [6, 6.07) is 4.89. The number of fused-ring (bicyclic) bond motifs is 1. The molecule has 0 aliphatic heterocycles. The van der Waals surface area contributed by atoms with Gasteiger partial charge in [-0.25, -0.2) is 0 Å². The number of phenolic OH excluding ortho intramolecular Hbond substituents is 1. The average molecular weight is 273 g/mol. The lowest BCUT2D eigenvalue weighted by atomic mass is 9.86. The van der Waals surface area contributed by atoms with Crippen LogP contribution < -0.4 is 5.32 Å². The molecule has 2 aliphatic rings. The van der Waals surface area contributed by atoms with Crippen molar-refractivity contribution >= 4 is 0 Å². The highest BCUT2D eigenvalue weighted by atomic mass is 16.3. The fourth-order valence-corrected chi connectivity index (χ4v) is 4.36. The molecule has 1 aromatic rings. The number of hydrogen-bond acceptors (Lipinski definition) is 2. The Morgan fingerprint density at radius 2 is 1.90 bits per heavy atom. The van der Waals surface area contributed by atoms with Crippen molar-refractivity contribution in [2.75, 3.05) is 0 Å². The molecule has 0 heterocycles. The Hall–Kier alpha value is -1.02. The third-order valence-electron chi connectivity index (χ3n) is 5.29. The molecule has 1 aromatic carbocycles. The summed E-state index contributed by atoms with van der Waals surface area (Å²) in [6.07, 6.45) is 6.41. The van der Waals surface area contributed by atoms with Gasteiger partial charge in [-0.05, 0) is 55.2 Å². The van der Waals surface area contributed by atoms with Crippen LogP contribution in [-0.4, -0.2) is 11.1 Å². The molecule has 110 valence electrons. The van der Waals surface area contributed by atoms with Gasteiger partial charge in [0.25, 0.3) is 0 Å². The molecule has 0 radical (unpaired) electrons. The number of benzene rings is 1. The number of aryl methyl sites for hydroxylation is 1. The van der Waals surface area contributed by atoms with Gasteiger partial charge in [0.15, 0.2) is 0 Å². The van der Waals surface area contributed by atoms with E-state index in [2.05, 4.69) is 32.2 Å². The van der Waals surface area contributed by atoms with Gasteiger partial charge in [-0.15, -0.1) is 0 Å². The first kappa shape index (κ1) is 13.9. The van der Waals surface area contributed by atoms with Gasteiger partial charge >= 0.3 is 0 Å². The molecule has 0 bridgehead atoms. The van der Waals surface area contributed by atoms with Crippen molar-refractivity contribution in [3.8, 4) is 5.75 Å². The van der Waals surface area contributed by atoms with Gasteiger partial charge in [0.1, 0.15) is 5.75 Å². The molecule has 4 unspecified atom stereocenters. The Morgan fingerprint density at radius 1 is 1.10 bits per heavy atom. The molecule has 2 N–H and O–H groups in total. The summed E-state index contributed by atoms with van der Waals surface area (Å²) < 4.78 is 0. The van der Waals surface area contributed by atoms with Gasteiger partial charge < -0.3 is 10.4 Å². The van der Waals surface area contributed by atoms with Gasteiger partial charge in [0.05, 0.1) is 0 Å². The zero-order valence-corrected chi connectivity index (χ0v) is 12.9. The molecule has 0 saturated heterocycles. The molecule has 20 heavy (non-hydrogen) atoms. The molecule has 2 heteroatoms. The van der Waals surface area contributed by atoms with Crippen LogP contribution in [0.3, 0.4) is 0 Å². The summed E-state index contributed by atoms with van der Waals surface area (Å²) in [5.41, 5.74) is 3.88. The molecule has 0 amide bonds. The minimum Gasteiger partial charge on any atom is -0.508 e. The average Bonchev–Trinajstić information content (AvgIpc) is 2.72. The van der Waals surface area contributed by atoms with Gasteiger partial charge in [-0.2, -0.15) is 0 Å². The highest BCUT2D eigenvalue weighted by molar-refractivity contribution is 5.50. The molecule has 2 nitrogen and oxygen atoms in total. The highest BCUT2D eigenvalue weighted by Crippen LogP contribution is 2.46. The Morgan fingerprint density at radius 3 is 2.65 bits per heavy atom. The van der Waals surface area contributed by atoms with Crippen LogP contribution in [0.5, 0.6) is 5.75 Å². The van der Waals surface area contributed by atoms with Gasteiger partial charge in [-0.3, -0.25) is 0 Å². The fraction of sp³-hybridized carbons (Fsp3) is 0.667. The maximum Gasteiger partial charge on any atom is 0.120 e. The van der Waals surface area contributed by atoms with Crippen LogP contribution in [0.4, 0.5) is 0 Å². The molecule has 4 atom stereocenters. The molecule has 1 fully saturated rings. The number of aromatic hydroxyl groups is 1. The van der Waals surface area contributed by atoms with E-state index in [9.17, 15) is 5.11 Å². The van der Waals surface area contributed by atoms with Crippen LogP contribution in [0.2, 0.25) is 0 Å². The van der Waals surface area contributed by atoms with E-state index in [0.29, 0.717) is 23.8 Å². The van der Waals surface area contributed by atoms with Crippen LogP contribution >= 0.6 is 0 Å². The van der Waals surface area contributed by atoms with E-state index in [1.165, 1.54) is 42.4 Å². The minimum atomic E-state index is 0.343. The third-order valence-corrected chi connectivity index (χ3v) is 5.29. The summed E-state index contributed by atoms with van der Waals surface area (Å²) in [5.74, 6) is 1.87. The van der Waals surface area contributed by atoms with Crippen molar-refractivity contribution in [2.45, 2.75) is 70.9 Å². The second-order valence-electron chi connectivity index (χ2n) is 7.05. The summed E-state index contributed by atoms with van der Waals surface area (Å²) in [7, 11) is 0. The van der Waals surface area contributed by atoms with Gasteiger partial charge in [-0.1, -0.05) is 32.8 Å². The second kappa shape index (κ2) is 5.40. The summed E-state index contributed by atoms with van der Waals surface area (Å²) >= 11 is 0.